The molecule has 0 atom stereocenters. The standard InChI is InChI=1S/C14H10F3NOS2/c1-2-7-20-13-18-11(12(19)21-13)8-9-3-5-10(6-4-9)14(15,16)17/h2-6,8H,1,7H2/b11-8-. The molecule has 110 valence electrons. The van der Waals surface area contributed by atoms with Crippen molar-refractivity contribution in [3.8, 4) is 0 Å². The van der Waals surface area contributed by atoms with E-state index in [1.54, 1.807) is 6.08 Å². The molecule has 21 heavy (non-hydrogen) atoms. The highest BCUT2D eigenvalue weighted by molar-refractivity contribution is 8.45. The van der Waals surface area contributed by atoms with E-state index >= 15 is 0 Å². The van der Waals surface area contributed by atoms with Crippen molar-refractivity contribution >= 4 is 39.1 Å². The number of carbonyl (C=O) groups is 1. The Hall–Kier alpha value is -1.47. The van der Waals surface area contributed by atoms with Gasteiger partial charge in [-0.3, -0.25) is 4.79 Å². The molecule has 0 bridgehead atoms. The summed E-state index contributed by atoms with van der Waals surface area (Å²) in [6, 6.07) is 4.60. The number of thioether (sulfide) groups is 2. The topological polar surface area (TPSA) is 29.4 Å². The van der Waals surface area contributed by atoms with Crippen molar-refractivity contribution in [1.82, 2.24) is 0 Å². The van der Waals surface area contributed by atoms with Crippen LogP contribution in [0.5, 0.6) is 0 Å². The lowest BCUT2D eigenvalue weighted by atomic mass is 10.1. The van der Waals surface area contributed by atoms with Crippen LogP contribution in [0.25, 0.3) is 6.08 Å². The van der Waals surface area contributed by atoms with Crippen LogP contribution in [0.15, 0.2) is 47.6 Å². The van der Waals surface area contributed by atoms with Gasteiger partial charge in [-0.2, -0.15) is 13.2 Å². The molecular formula is C14H10F3NOS2. The van der Waals surface area contributed by atoms with E-state index in [9.17, 15) is 18.0 Å². The van der Waals surface area contributed by atoms with Crippen LogP contribution in [0.4, 0.5) is 13.2 Å². The fourth-order valence-electron chi connectivity index (χ4n) is 1.51. The third-order valence-corrected chi connectivity index (χ3v) is 4.47. The molecule has 0 saturated carbocycles. The Bertz CT molecular complexity index is 618. The second kappa shape index (κ2) is 6.53. The van der Waals surface area contributed by atoms with Crippen LogP contribution in [0.3, 0.4) is 0 Å². The molecule has 0 radical (unpaired) electrons. The average Bonchev–Trinajstić information content (AvgIpc) is 2.76. The first-order valence-electron chi connectivity index (χ1n) is 5.83. The molecule has 0 spiro atoms. The van der Waals surface area contributed by atoms with Gasteiger partial charge in [0.05, 0.1) is 5.56 Å². The minimum Gasteiger partial charge on any atom is -0.279 e. The number of nitrogens with zero attached hydrogens (tertiary/aromatic N) is 1. The van der Waals surface area contributed by atoms with E-state index in [1.165, 1.54) is 30.0 Å². The molecule has 1 aromatic carbocycles. The Labute approximate surface area is 128 Å². The van der Waals surface area contributed by atoms with E-state index < -0.39 is 11.7 Å². The van der Waals surface area contributed by atoms with Crippen molar-refractivity contribution in [2.75, 3.05) is 5.75 Å². The predicted octanol–water partition coefficient (Wildman–Crippen LogP) is 4.59. The first-order chi connectivity index (χ1) is 9.90. The first kappa shape index (κ1) is 15.9. The number of aliphatic imine (C=N–C) groups is 1. The van der Waals surface area contributed by atoms with E-state index in [0.29, 0.717) is 15.7 Å². The van der Waals surface area contributed by atoms with Gasteiger partial charge in [0.2, 0.25) is 5.12 Å². The largest absolute Gasteiger partial charge is 0.416 e. The third kappa shape index (κ3) is 4.25. The molecule has 2 nitrogen and oxygen atoms in total. The van der Waals surface area contributed by atoms with Crippen molar-refractivity contribution < 1.29 is 18.0 Å². The predicted molar refractivity (Wildman–Crippen MR) is 82.1 cm³/mol. The van der Waals surface area contributed by atoms with E-state index in [-0.39, 0.29) is 10.8 Å². The maximum Gasteiger partial charge on any atom is 0.416 e. The van der Waals surface area contributed by atoms with Crippen LogP contribution in [0.2, 0.25) is 0 Å². The first-order valence-corrected chi connectivity index (χ1v) is 7.64. The minimum atomic E-state index is -4.36. The van der Waals surface area contributed by atoms with E-state index in [4.69, 9.17) is 0 Å². The van der Waals surface area contributed by atoms with Crippen LogP contribution >= 0.6 is 23.5 Å². The number of benzene rings is 1. The molecule has 7 heteroatoms. The molecule has 1 aliphatic rings. The van der Waals surface area contributed by atoms with Gasteiger partial charge in [0.1, 0.15) is 10.1 Å². The molecule has 0 amide bonds. The molecule has 0 unspecified atom stereocenters. The molecular weight excluding hydrogens is 319 g/mol. The zero-order chi connectivity index (χ0) is 15.5. The molecule has 1 heterocycles. The summed E-state index contributed by atoms with van der Waals surface area (Å²) in [6.45, 7) is 3.58. The monoisotopic (exact) mass is 329 g/mol. The number of hydrogen-bond donors (Lipinski definition) is 0. The summed E-state index contributed by atoms with van der Waals surface area (Å²) >= 11 is 2.41. The quantitative estimate of drug-likeness (QED) is 0.600. The number of hydrogen-bond acceptors (Lipinski definition) is 4. The molecule has 2 rings (SSSR count). The zero-order valence-corrected chi connectivity index (χ0v) is 12.3. The van der Waals surface area contributed by atoms with Crippen molar-refractivity contribution in [2.45, 2.75) is 6.18 Å². The van der Waals surface area contributed by atoms with Crippen LogP contribution in [0, 0.1) is 0 Å². The van der Waals surface area contributed by atoms with Crippen molar-refractivity contribution in [3.05, 3.63) is 53.7 Å². The highest BCUT2D eigenvalue weighted by Gasteiger charge is 2.30. The molecule has 1 aliphatic heterocycles. The van der Waals surface area contributed by atoms with Gasteiger partial charge >= 0.3 is 6.18 Å². The van der Waals surface area contributed by atoms with Crippen LogP contribution in [-0.4, -0.2) is 15.2 Å². The fraction of sp³-hybridized carbons (Fsp3) is 0.143. The maximum absolute atomic E-state index is 12.5. The highest BCUT2D eigenvalue weighted by Crippen LogP contribution is 2.32. The Balaban J connectivity index is 2.17. The highest BCUT2D eigenvalue weighted by atomic mass is 32.2. The van der Waals surface area contributed by atoms with Gasteiger partial charge in [-0.25, -0.2) is 4.99 Å². The molecule has 0 aliphatic carbocycles. The van der Waals surface area contributed by atoms with E-state index in [1.807, 2.05) is 0 Å². The number of alkyl halides is 3. The van der Waals surface area contributed by atoms with E-state index in [2.05, 4.69) is 11.6 Å². The second-order valence-corrected chi connectivity index (χ2v) is 6.24. The lowest BCUT2D eigenvalue weighted by Gasteiger charge is -2.05. The Morgan fingerprint density at radius 3 is 2.52 bits per heavy atom. The summed E-state index contributed by atoms with van der Waals surface area (Å²) in [6.07, 6.45) is -1.18. The number of halogens is 3. The van der Waals surface area contributed by atoms with Gasteiger partial charge in [-0.1, -0.05) is 30.0 Å². The maximum atomic E-state index is 12.5. The SMILES string of the molecule is C=CCSC1=N/C(=C\c2ccc(C(F)(F)F)cc2)C(=O)S1. The minimum absolute atomic E-state index is 0.207. The normalized spacial score (nSPS) is 17.2. The van der Waals surface area contributed by atoms with Gasteiger partial charge in [0.15, 0.2) is 0 Å². The summed E-state index contributed by atoms with van der Waals surface area (Å²) in [5.41, 5.74) is 0.0273. The molecule has 0 aromatic heterocycles. The number of carbonyl (C=O) groups excluding carboxylic acids is 1. The van der Waals surface area contributed by atoms with Crippen LogP contribution in [-0.2, 0) is 11.0 Å². The summed E-state index contributed by atoms with van der Waals surface area (Å²) in [5.74, 6) is 0.646. The van der Waals surface area contributed by atoms with Crippen molar-refractivity contribution in [1.29, 1.82) is 0 Å². The average molecular weight is 329 g/mol. The lowest BCUT2D eigenvalue weighted by molar-refractivity contribution is -0.137. The number of rotatable bonds is 3. The Morgan fingerprint density at radius 1 is 1.29 bits per heavy atom. The van der Waals surface area contributed by atoms with Gasteiger partial charge in [-0.15, -0.1) is 6.58 Å². The summed E-state index contributed by atoms with van der Waals surface area (Å²) in [7, 11) is 0. The molecule has 1 aromatic rings. The van der Waals surface area contributed by atoms with Crippen LogP contribution in [0.1, 0.15) is 11.1 Å². The summed E-state index contributed by atoms with van der Waals surface area (Å²) < 4.78 is 38.0. The van der Waals surface area contributed by atoms with Gasteiger partial charge in [0.25, 0.3) is 0 Å². The van der Waals surface area contributed by atoms with E-state index in [0.717, 1.165) is 23.9 Å². The van der Waals surface area contributed by atoms with Crippen LogP contribution < -0.4 is 0 Å². The zero-order valence-electron chi connectivity index (χ0n) is 10.7. The van der Waals surface area contributed by atoms with Gasteiger partial charge in [-0.05, 0) is 35.5 Å². The third-order valence-electron chi connectivity index (χ3n) is 2.47. The smallest absolute Gasteiger partial charge is 0.279 e. The van der Waals surface area contributed by atoms with Crippen molar-refractivity contribution in [2.24, 2.45) is 4.99 Å². The fourth-order valence-corrected chi connectivity index (χ4v) is 3.11. The van der Waals surface area contributed by atoms with Gasteiger partial charge in [0, 0.05) is 5.75 Å². The Kier molecular flexibility index (Phi) is 4.95. The molecule has 0 fully saturated rings. The summed E-state index contributed by atoms with van der Waals surface area (Å²) in [4.78, 5) is 15.9. The Morgan fingerprint density at radius 2 is 1.95 bits per heavy atom. The van der Waals surface area contributed by atoms with Gasteiger partial charge < -0.3 is 0 Å². The second-order valence-electron chi connectivity index (χ2n) is 4.02. The lowest BCUT2D eigenvalue weighted by Crippen LogP contribution is -2.04. The molecule has 0 saturated heterocycles. The van der Waals surface area contributed by atoms with Crippen molar-refractivity contribution in [3.63, 3.8) is 0 Å². The molecule has 0 N–H and O–H groups in total. The summed E-state index contributed by atoms with van der Waals surface area (Å²) in [5, 5.41) is -0.207.